The van der Waals surface area contributed by atoms with Gasteiger partial charge in [-0.3, -0.25) is 15.1 Å². The monoisotopic (exact) mass is 288 g/mol. The highest BCUT2D eigenvalue weighted by atomic mass is 16.1. The molecule has 0 aromatic heterocycles. The summed E-state index contributed by atoms with van der Waals surface area (Å²) in [7, 11) is 0. The van der Waals surface area contributed by atoms with Gasteiger partial charge in [-0.15, -0.1) is 0 Å². The van der Waals surface area contributed by atoms with E-state index in [-0.39, 0.29) is 12.1 Å². The SMILES string of the molecule is CC1CC(NC(=O)c2cccc(CN3CCCC3)c2)NN1. The highest BCUT2D eigenvalue weighted by molar-refractivity contribution is 5.94. The van der Waals surface area contributed by atoms with Gasteiger partial charge in [-0.2, -0.15) is 0 Å². The standard InChI is InChI=1S/C16H24N4O/c1-12-9-15(19-18-12)17-16(21)14-6-4-5-13(10-14)11-20-7-2-3-8-20/h4-6,10,12,15,18-19H,2-3,7-9,11H2,1H3,(H,17,21). The van der Waals surface area contributed by atoms with Crippen LogP contribution in [-0.2, 0) is 6.54 Å². The normalized spacial score (nSPS) is 26.1. The number of hydrogen-bond acceptors (Lipinski definition) is 4. The van der Waals surface area contributed by atoms with Crippen LogP contribution in [0.5, 0.6) is 0 Å². The van der Waals surface area contributed by atoms with E-state index in [0.717, 1.165) is 18.5 Å². The second-order valence-electron chi connectivity index (χ2n) is 6.14. The lowest BCUT2D eigenvalue weighted by Gasteiger charge is -2.16. The van der Waals surface area contributed by atoms with E-state index in [4.69, 9.17) is 0 Å². The number of likely N-dealkylation sites (tertiary alicyclic amines) is 1. The molecule has 5 heteroatoms. The molecule has 0 spiro atoms. The van der Waals surface area contributed by atoms with E-state index >= 15 is 0 Å². The van der Waals surface area contributed by atoms with E-state index in [1.54, 1.807) is 0 Å². The molecule has 0 bridgehead atoms. The maximum absolute atomic E-state index is 12.3. The first kappa shape index (κ1) is 14.5. The van der Waals surface area contributed by atoms with Gasteiger partial charge < -0.3 is 5.32 Å². The lowest BCUT2D eigenvalue weighted by molar-refractivity contribution is 0.0932. The van der Waals surface area contributed by atoms with Crippen molar-refractivity contribution < 1.29 is 4.79 Å². The summed E-state index contributed by atoms with van der Waals surface area (Å²) in [6, 6.07) is 8.36. The van der Waals surface area contributed by atoms with E-state index in [9.17, 15) is 4.79 Å². The molecule has 0 saturated carbocycles. The average Bonchev–Trinajstić information content (AvgIpc) is 3.11. The third-order valence-corrected chi connectivity index (χ3v) is 4.19. The highest BCUT2D eigenvalue weighted by Gasteiger charge is 2.22. The summed E-state index contributed by atoms with van der Waals surface area (Å²) in [4.78, 5) is 14.7. The van der Waals surface area contributed by atoms with Crippen molar-refractivity contribution in [1.82, 2.24) is 21.1 Å². The Labute approximate surface area is 126 Å². The van der Waals surface area contributed by atoms with Gasteiger partial charge in [0.2, 0.25) is 0 Å². The Bertz CT molecular complexity index is 499. The van der Waals surface area contributed by atoms with Gasteiger partial charge in [0.15, 0.2) is 0 Å². The number of nitrogens with one attached hydrogen (secondary N) is 3. The molecule has 2 aliphatic heterocycles. The molecule has 2 heterocycles. The predicted octanol–water partition coefficient (Wildman–Crippen LogP) is 1.22. The first-order valence-corrected chi connectivity index (χ1v) is 7.84. The minimum Gasteiger partial charge on any atom is -0.335 e. The maximum atomic E-state index is 12.3. The molecular formula is C16H24N4O. The molecule has 2 saturated heterocycles. The van der Waals surface area contributed by atoms with Crippen LogP contribution in [-0.4, -0.2) is 36.1 Å². The van der Waals surface area contributed by atoms with E-state index in [1.165, 1.54) is 31.5 Å². The summed E-state index contributed by atoms with van der Waals surface area (Å²) in [5.41, 5.74) is 8.17. The van der Waals surface area contributed by atoms with Crippen LogP contribution in [0.15, 0.2) is 24.3 Å². The first-order valence-electron chi connectivity index (χ1n) is 7.84. The van der Waals surface area contributed by atoms with Crippen molar-refractivity contribution in [1.29, 1.82) is 0 Å². The highest BCUT2D eigenvalue weighted by Crippen LogP contribution is 2.14. The number of hydrogen-bond donors (Lipinski definition) is 3. The molecule has 0 aliphatic carbocycles. The molecule has 2 fully saturated rings. The Morgan fingerprint density at radius 3 is 2.86 bits per heavy atom. The van der Waals surface area contributed by atoms with Gasteiger partial charge in [-0.05, 0) is 57.0 Å². The smallest absolute Gasteiger partial charge is 0.252 e. The van der Waals surface area contributed by atoms with E-state index in [1.807, 2.05) is 18.2 Å². The maximum Gasteiger partial charge on any atom is 0.252 e. The fraction of sp³-hybridized carbons (Fsp3) is 0.562. The molecule has 2 atom stereocenters. The second-order valence-corrected chi connectivity index (χ2v) is 6.14. The largest absolute Gasteiger partial charge is 0.335 e. The third kappa shape index (κ3) is 3.81. The van der Waals surface area contributed by atoms with Crippen molar-refractivity contribution in [3.8, 4) is 0 Å². The Morgan fingerprint density at radius 2 is 2.14 bits per heavy atom. The Morgan fingerprint density at radius 1 is 1.33 bits per heavy atom. The summed E-state index contributed by atoms with van der Waals surface area (Å²) >= 11 is 0. The van der Waals surface area contributed by atoms with Gasteiger partial charge in [0.1, 0.15) is 0 Å². The van der Waals surface area contributed by atoms with Crippen LogP contribution in [0.2, 0.25) is 0 Å². The van der Waals surface area contributed by atoms with Gasteiger partial charge in [0.05, 0.1) is 6.17 Å². The number of hydrazine groups is 1. The lowest BCUT2D eigenvalue weighted by atomic mass is 10.1. The van der Waals surface area contributed by atoms with Gasteiger partial charge >= 0.3 is 0 Å². The molecule has 1 aromatic carbocycles. The number of amides is 1. The number of carbonyl (C=O) groups is 1. The molecule has 2 aliphatic rings. The first-order chi connectivity index (χ1) is 10.2. The topological polar surface area (TPSA) is 56.4 Å². The lowest BCUT2D eigenvalue weighted by Crippen LogP contribution is -2.44. The number of carbonyl (C=O) groups excluding carboxylic acids is 1. The number of rotatable bonds is 4. The van der Waals surface area contributed by atoms with Crippen LogP contribution in [0.1, 0.15) is 42.1 Å². The van der Waals surface area contributed by atoms with Gasteiger partial charge in [0.25, 0.3) is 5.91 Å². The molecule has 5 nitrogen and oxygen atoms in total. The summed E-state index contributed by atoms with van der Waals surface area (Å²) in [6.45, 7) is 5.38. The van der Waals surface area contributed by atoms with Crippen molar-refractivity contribution >= 4 is 5.91 Å². The zero-order valence-electron chi connectivity index (χ0n) is 12.6. The zero-order chi connectivity index (χ0) is 14.7. The zero-order valence-corrected chi connectivity index (χ0v) is 12.6. The third-order valence-electron chi connectivity index (χ3n) is 4.19. The summed E-state index contributed by atoms with van der Waals surface area (Å²) in [5, 5.41) is 3.02. The fourth-order valence-corrected chi connectivity index (χ4v) is 3.06. The van der Waals surface area contributed by atoms with Gasteiger partial charge in [-0.25, -0.2) is 5.43 Å². The van der Waals surface area contributed by atoms with Crippen molar-refractivity contribution in [3.05, 3.63) is 35.4 Å². The molecular weight excluding hydrogens is 264 g/mol. The summed E-state index contributed by atoms with van der Waals surface area (Å²) in [5.74, 6) is -0.00771. The molecule has 21 heavy (non-hydrogen) atoms. The van der Waals surface area contributed by atoms with E-state index in [2.05, 4.69) is 34.1 Å². The van der Waals surface area contributed by atoms with Crippen molar-refractivity contribution in [2.24, 2.45) is 0 Å². The molecule has 114 valence electrons. The van der Waals surface area contributed by atoms with Crippen LogP contribution in [0, 0.1) is 0 Å². The number of nitrogens with zero attached hydrogens (tertiary/aromatic N) is 1. The molecule has 2 unspecified atom stereocenters. The average molecular weight is 288 g/mol. The summed E-state index contributed by atoms with van der Waals surface area (Å²) in [6.07, 6.45) is 3.49. The van der Waals surface area contributed by atoms with Gasteiger partial charge in [0, 0.05) is 18.2 Å². The van der Waals surface area contributed by atoms with Crippen molar-refractivity contribution in [2.75, 3.05) is 13.1 Å². The van der Waals surface area contributed by atoms with Crippen molar-refractivity contribution in [2.45, 2.75) is 44.9 Å². The van der Waals surface area contributed by atoms with Crippen molar-refractivity contribution in [3.63, 3.8) is 0 Å². The second kappa shape index (κ2) is 6.56. The molecule has 1 amide bonds. The van der Waals surface area contributed by atoms with E-state index < -0.39 is 0 Å². The Kier molecular flexibility index (Phi) is 4.53. The van der Waals surface area contributed by atoms with Crippen LogP contribution in [0.3, 0.4) is 0 Å². The Hall–Kier alpha value is -1.43. The van der Waals surface area contributed by atoms with Crippen LogP contribution in [0.25, 0.3) is 0 Å². The van der Waals surface area contributed by atoms with Crippen LogP contribution in [0.4, 0.5) is 0 Å². The van der Waals surface area contributed by atoms with Crippen LogP contribution < -0.4 is 16.2 Å². The molecule has 3 rings (SSSR count). The molecule has 3 N–H and O–H groups in total. The Balaban J connectivity index is 1.60. The predicted molar refractivity (Wildman–Crippen MR) is 82.6 cm³/mol. The van der Waals surface area contributed by atoms with E-state index in [0.29, 0.717) is 6.04 Å². The number of benzene rings is 1. The quantitative estimate of drug-likeness (QED) is 0.780. The van der Waals surface area contributed by atoms with Gasteiger partial charge in [-0.1, -0.05) is 12.1 Å². The molecule has 0 radical (unpaired) electrons. The van der Waals surface area contributed by atoms with Crippen LogP contribution >= 0.6 is 0 Å². The molecule has 1 aromatic rings. The summed E-state index contributed by atoms with van der Waals surface area (Å²) < 4.78 is 0. The minimum absolute atomic E-state index is 0.00771. The fourth-order valence-electron chi connectivity index (χ4n) is 3.06. The minimum atomic E-state index is -0.00771.